The summed E-state index contributed by atoms with van der Waals surface area (Å²) in [6, 6.07) is 5.85. The van der Waals surface area contributed by atoms with Crippen molar-refractivity contribution in [3.8, 4) is 11.1 Å². The van der Waals surface area contributed by atoms with E-state index in [0.29, 0.717) is 5.56 Å². The Bertz CT molecular complexity index is 669. The first kappa shape index (κ1) is 15.1. The van der Waals surface area contributed by atoms with E-state index in [-0.39, 0.29) is 24.7 Å². The maximum absolute atomic E-state index is 12.1. The van der Waals surface area contributed by atoms with Crippen LogP contribution >= 0.6 is 0 Å². The highest BCUT2D eigenvalue weighted by molar-refractivity contribution is 5.95. The van der Waals surface area contributed by atoms with E-state index >= 15 is 0 Å². The molecule has 0 fully saturated rings. The number of nitrogens with zero attached hydrogens (tertiary/aromatic N) is 2. The molecule has 2 aromatic rings. The lowest BCUT2D eigenvalue weighted by molar-refractivity contribution is 0.0519. The third kappa shape index (κ3) is 3.08. The van der Waals surface area contributed by atoms with Crippen molar-refractivity contribution >= 4 is 5.97 Å². The molecule has 0 saturated heterocycles. The van der Waals surface area contributed by atoms with E-state index < -0.39 is 5.97 Å². The highest BCUT2D eigenvalue weighted by Gasteiger charge is 2.19. The molecular formula is C16H18N2O3. The van der Waals surface area contributed by atoms with Gasteiger partial charge >= 0.3 is 5.97 Å². The number of esters is 1. The second-order valence-electron chi connectivity index (χ2n) is 4.67. The Morgan fingerprint density at radius 1 is 1.29 bits per heavy atom. The molecule has 5 nitrogen and oxygen atoms in total. The highest BCUT2D eigenvalue weighted by atomic mass is 16.5. The molecule has 0 aliphatic carbocycles. The van der Waals surface area contributed by atoms with E-state index in [9.17, 15) is 4.79 Å². The van der Waals surface area contributed by atoms with Crippen molar-refractivity contribution in [2.75, 3.05) is 6.61 Å². The van der Waals surface area contributed by atoms with E-state index in [4.69, 9.17) is 9.84 Å². The van der Waals surface area contributed by atoms with Gasteiger partial charge in [0.1, 0.15) is 6.61 Å². The molecule has 1 aromatic carbocycles. The molecular weight excluding hydrogens is 268 g/mol. The van der Waals surface area contributed by atoms with Gasteiger partial charge in [0, 0.05) is 11.8 Å². The van der Waals surface area contributed by atoms with E-state index in [1.807, 2.05) is 32.0 Å². The fourth-order valence-electron chi connectivity index (χ4n) is 2.09. The summed E-state index contributed by atoms with van der Waals surface area (Å²) in [6.07, 6.45) is 1.56. The molecule has 1 heterocycles. The zero-order chi connectivity index (χ0) is 15.4. The maximum Gasteiger partial charge on any atom is 0.357 e. The maximum atomic E-state index is 12.1. The molecule has 0 amide bonds. The third-order valence-electron chi connectivity index (χ3n) is 3.34. The summed E-state index contributed by atoms with van der Waals surface area (Å²) in [5.41, 5.74) is 3.87. The van der Waals surface area contributed by atoms with E-state index in [2.05, 4.69) is 9.97 Å². The number of hydrogen-bond donors (Lipinski definition) is 1. The van der Waals surface area contributed by atoms with Crippen LogP contribution in [-0.4, -0.2) is 27.7 Å². The monoisotopic (exact) mass is 286 g/mol. The predicted molar refractivity (Wildman–Crippen MR) is 78.8 cm³/mol. The van der Waals surface area contributed by atoms with Gasteiger partial charge in [-0.25, -0.2) is 14.8 Å². The number of benzene rings is 1. The quantitative estimate of drug-likeness (QED) is 0.874. The predicted octanol–water partition coefficient (Wildman–Crippen LogP) is 2.43. The molecule has 0 saturated carbocycles. The van der Waals surface area contributed by atoms with Crippen LogP contribution in [0.3, 0.4) is 0 Å². The van der Waals surface area contributed by atoms with Crippen molar-refractivity contribution in [1.29, 1.82) is 0 Å². The molecule has 0 aliphatic rings. The third-order valence-corrected chi connectivity index (χ3v) is 3.34. The molecule has 21 heavy (non-hydrogen) atoms. The van der Waals surface area contributed by atoms with Crippen LogP contribution in [0, 0.1) is 13.8 Å². The average Bonchev–Trinajstić information content (AvgIpc) is 2.50. The van der Waals surface area contributed by atoms with E-state index in [1.54, 1.807) is 13.1 Å². The van der Waals surface area contributed by atoms with Gasteiger partial charge in [-0.1, -0.05) is 18.2 Å². The second-order valence-corrected chi connectivity index (χ2v) is 4.67. The Hall–Kier alpha value is -2.27. The molecule has 0 bridgehead atoms. The fraction of sp³-hybridized carbons (Fsp3) is 0.312. The normalized spacial score (nSPS) is 10.5. The van der Waals surface area contributed by atoms with Gasteiger partial charge in [0.15, 0.2) is 11.5 Å². The van der Waals surface area contributed by atoms with Gasteiger partial charge in [-0.05, 0) is 37.5 Å². The Morgan fingerprint density at radius 3 is 2.71 bits per heavy atom. The lowest BCUT2D eigenvalue weighted by atomic mass is 9.97. The van der Waals surface area contributed by atoms with Gasteiger partial charge < -0.3 is 9.84 Å². The summed E-state index contributed by atoms with van der Waals surface area (Å²) in [6.45, 7) is 5.68. The Labute approximate surface area is 123 Å². The van der Waals surface area contributed by atoms with Crippen molar-refractivity contribution in [2.24, 2.45) is 0 Å². The van der Waals surface area contributed by atoms with Crippen molar-refractivity contribution < 1.29 is 14.6 Å². The number of carbonyl (C=O) groups excluding carboxylic acids is 1. The lowest BCUT2D eigenvalue weighted by Crippen LogP contribution is -2.12. The number of aromatic nitrogens is 2. The van der Waals surface area contributed by atoms with Crippen LogP contribution in [0.25, 0.3) is 11.1 Å². The molecule has 0 unspecified atom stereocenters. The molecule has 0 atom stereocenters. The number of hydrogen-bond acceptors (Lipinski definition) is 5. The SMILES string of the molecule is CCOC(=O)c1nc(CO)ncc1-c1cccc(C)c1C. The van der Waals surface area contributed by atoms with Crippen molar-refractivity contribution in [3.05, 3.63) is 47.0 Å². The second kappa shape index (κ2) is 6.45. The van der Waals surface area contributed by atoms with Crippen molar-refractivity contribution in [2.45, 2.75) is 27.4 Å². The van der Waals surface area contributed by atoms with E-state index in [0.717, 1.165) is 16.7 Å². The summed E-state index contributed by atoms with van der Waals surface area (Å²) in [4.78, 5) is 20.3. The van der Waals surface area contributed by atoms with Crippen LogP contribution in [0.4, 0.5) is 0 Å². The summed E-state index contributed by atoms with van der Waals surface area (Å²) >= 11 is 0. The fourth-order valence-corrected chi connectivity index (χ4v) is 2.09. The Balaban J connectivity index is 2.62. The standard InChI is InChI=1S/C16H18N2O3/c1-4-21-16(20)15-13(8-17-14(9-19)18-15)12-7-5-6-10(2)11(12)3/h5-8,19H,4,9H2,1-3H3. The molecule has 0 radical (unpaired) electrons. The molecule has 5 heteroatoms. The number of aryl methyl sites for hydroxylation is 1. The first-order valence-corrected chi connectivity index (χ1v) is 6.79. The zero-order valence-corrected chi connectivity index (χ0v) is 12.4. The van der Waals surface area contributed by atoms with Gasteiger partial charge in [0.2, 0.25) is 0 Å². The van der Waals surface area contributed by atoms with Crippen LogP contribution in [0.15, 0.2) is 24.4 Å². The number of aliphatic hydroxyl groups is 1. The van der Waals surface area contributed by atoms with Gasteiger partial charge in [0.25, 0.3) is 0 Å². The summed E-state index contributed by atoms with van der Waals surface area (Å²) in [5.74, 6) is -0.308. The zero-order valence-electron chi connectivity index (χ0n) is 12.4. The van der Waals surface area contributed by atoms with Gasteiger partial charge in [-0.3, -0.25) is 0 Å². The number of rotatable bonds is 4. The lowest BCUT2D eigenvalue weighted by Gasteiger charge is -2.12. The summed E-state index contributed by atoms with van der Waals surface area (Å²) in [5, 5.41) is 9.16. The number of ether oxygens (including phenoxy) is 1. The Kier molecular flexibility index (Phi) is 4.65. The summed E-state index contributed by atoms with van der Waals surface area (Å²) < 4.78 is 5.05. The van der Waals surface area contributed by atoms with Crippen LogP contribution in [0.1, 0.15) is 34.4 Å². The van der Waals surface area contributed by atoms with Crippen molar-refractivity contribution in [1.82, 2.24) is 9.97 Å². The topological polar surface area (TPSA) is 72.3 Å². The van der Waals surface area contributed by atoms with Gasteiger partial charge in [-0.2, -0.15) is 0 Å². The first-order valence-electron chi connectivity index (χ1n) is 6.79. The largest absolute Gasteiger partial charge is 0.461 e. The van der Waals surface area contributed by atoms with Gasteiger partial charge in [-0.15, -0.1) is 0 Å². The van der Waals surface area contributed by atoms with Crippen LogP contribution in [0.2, 0.25) is 0 Å². The number of carbonyl (C=O) groups is 1. The molecule has 110 valence electrons. The van der Waals surface area contributed by atoms with Crippen molar-refractivity contribution in [3.63, 3.8) is 0 Å². The minimum Gasteiger partial charge on any atom is -0.461 e. The molecule has 1 aromatic heterocycles. The molecule has 1 N–H and O–H groups in total. The first-order chi connectivity index (χ1) is 10.1. The summed E-state index contributed by atoms with van der Waals surface area (Å²) in [7, 11) is 0. The van der Waals surface area contributed by atoms with E-state index in [1.165, 1.54) is 0 Å². The smallest absolute Gasteiger partial charge is 0.357 e. The minimum atomic E-state index is -0.509. The number of aliphatic hydroxyl groups excluding tert-OH is 1. The Morgan fingerprint density at radius 2 is 2.05 bits per heavy atom. The van der Waals surface area contributed by atoms with Gasteiger partial charge in [0.05, 0.1) is 6.61 Å². The highest BCUT2D eigenvalue weighted by Crippen LogP contribution is 2.27. The molecule has 2 rings (SSSR count). The minimum absolute atomic E-state index is 0.185. The van der Waals surface area contributed by atoms with Crippen LogP contribution < -0.4 is 0 Å². The van der Waals surface area contributed by atoms with Crippen LogP contribution in [-0.2, 0) is 11.3 Å². The van der Waals surface area contributed by atoms with Crippen LogP contribution in [0.5, 0.6) is 0 Å². The molecule has 0 spiro atoms. The molecule has 0 aliphatic heterocycles. The average molecular weight is 286 g/mol.